The maximum atomic E-state index is 11.1. The van der Waals surface area contributed by atoms with Gasteiger partial charge in [-0.05, 0) is 43.2 Å². The SMILES string of the molecule is CC1(C)C2=CC(=O)C=CC2=CN1O. The number of hydrogen-bond donors (Lipinski definition) is 1. The number of hydroxylamine groups is 2. The monoisotopic (exact) mass is 177 g/mol. The van der Waals surface area contributed by atoms with Crippen LogP contribution in [0, 0.1) is 0 Å². The first kappa shape index (κ1) is 8.26. The standard InChI is InChI=1S/C10H11NO2/c1-10(2)9-5-8(12)4-3-7(9)6-11(10)13/h3-6,13H,1-2H3. The molecule has 2 aliphatic rings. The molecule has 1 aliphatic heterocycles. The van der Waals surface area contributed by atoms with Crippen molar-refractivity contribution in [1.29, 1.82) is 0 Å². The van der Waals surface area contributed by atoms with E-state index in [2.05, 4.69) is 0 Å². The molecule has 68 valence electrons. The van der Waals surface area contributed by atoms with E-state index < -0.39 is 5.54 Å². The molecule has 3 nitrogen and oxygen atoms in total. The molecule has 1 N–H and O–H groups in total. The normalized spacial score (nSPS) is 24.2. The summed E-state index contributed by atoms with van der Waals surface area (Å²) in [6.45, 7) is 3.74. The van der Waals surface area contributed by atoms with Gasteiger partial charge in [0.25, 0.3) is 0 Å². The van der Waals surface area contributed by atoms with E-state index in [0.717, 1.165) is 16.2 Å². The van der Waals surface area contributed by atoms with E-state index in [0.29, 0.717) is 0 Å². The molecule has 0 saturated carbocycles. The summed E-state index contributed by atoms with van der Waals surface area (Å²) >= 11 is 0. The van der Waals surface area contributed by atoms with Crippen molar-refractivity contribution in [2.45, 2.75) is 19.4 Å². The van der Waals surface area contributed by atoms with Crippen molar-refractivity contribution in [1.82, 2.24) is 5.06 Å². The van der Waals surface area contributed by atoms with Crippen molar-refractivity contribution in [2.75, 3.05) is 0 Å². The Balaban J connectivity index is 2.51. The van der Waals surface area contributed by atoms with Crippen molar-refractivity contribution in [3.05, 3.63) is 35.6 Å². The molecular weight excluding hydrogens is 166 g/mol. The molecule has 13 heavy (non-hydrogen) atoms. The smallest absolute Gasteiger partial charge is 0.179 e. The van der Waals surface area contributed by atoms with Crippen molar-refractivity contribution in [3.8, 4) is 0 Å². The Bertz CT molecular complexity index is 361. The molecule has 0 aromatic heterocycles. The first-order valence-electron chi connectivity index (χ1n) is 4.16. The van der Waals surface area contributed by atoms with Gasteiger partial charge in [-0.2, -0.15) is 0 Å². The second-order valence-electron chi connectivity index (χ2n) is 3.78. The highest BCUT2D eigenvalue weighted by molar-refractivity contribution is 6.02. The molecule has 0 amide bonds. The molecule has 0 fully saturated rings. The van der Waals surface area contributed by atoms with Crippen molar-refractivity contribution >= 4 is 5.78 Å². The molecule has 0 unspecified atom stereocenters. The molecular formula is C10H11NO2. The first-order valence-corrected chi connectivity index (χ1v) is 4.16. The number of carbonyl (C=O) groups is 1. The summed E-state index contributed by atoms with van der Waals surface area (Å²) in [5.74, 6) is -0.0180. The first-order chi connectivity index (χ1) is 6.01. The van der Waals surface area contributed by atoms with Crippen LogP contribution in [0.1, 0.15) is 13.8 Å². The van der Waals surface area contributed by atoms with Crippen LogP contribution in [0.3, 0.4) is 0 Å². The van der Waals surface area contributed by atoms with Crippen molar-refractivity contribution < 1.29 is 10.0 Å². The Labute approximate surface area is 76.6 Å². The van der Waals surface area contributed by atoms with Gasteiger partial charge in [0.2, 0.25) is 0 Å². The van der Waals surface area contributed by atoms with E-state index in [4.69, 9.17) is 0 Å². The number of allylic oxidation sites excluding steroid dienone is 3. The number of carbonyl (C=O) groups excluding carboxylic acids is 1. The molecule has 0 atom stereocenters. The summed E-state index contributed by atoms with van der Waals surface area (Å²) in [6.07, 6.45) is 6.44. The summed E-state index contributed by atoms with van der Waals surface area (Å²) in [6, 6.07) is 0. The lowest BCUT2D eigenvalue weighted by Gasteiger charge is -2.28. The second-order valence-corrected chi connectivity index (χ2v) is 3.78. The van der Waals surface area contributed by atoms with Gasteiger partial charge in [-0.25, -0.2) is 0 Å². The molecule has 0 bridgehead atoms. The minimum absolute atomic E-state index is 0.0180. The van der Waals surface area contributed by atoms with E-state index in [1.54, 1.807) is 18.4 Å². The van der Waals surface area contributed by atoms with Gasteiger partial charge >= 0.3 is 0 Å². The van der Waals surface area contributed by atoms with Gasteiger partial charge in [-0.1, -0.05) is 0 Å². The minimum atomic E-state index is -0.490. The molecule has 0 radical (unpaired) electrons. The molecule has 0 saturated heterocycles. The number of hydrogen-bond acceptors (Lipinski definition) is 3. The van der Waals surface area contributed by atoms with Crippen LogP contribution in [0.25, 0.3) is 0 Å². The Hall–Kier alpha value is -1.35. The topological polar surface area (TPSA) is 40.5 Å². The van der Waals surface area contributed by atoms with Crippen molar-refractivity contribution in [3.63, 3.8) is 0 Å². The highest BCUT2D eigenvalue weighted by Crippen LogP contribution is 2.37. The molecule has 0 spiro atoms. The lowest BCUT2D eigenvalue weighted by molar-refractivity contribution is -0.110. The lowest BCUT2D eigenvalue weighted by Crippen LogP contribution is -2.35. The van der Waals surface area contributed by atoms with E-state index in [9.17, 15) is 10.0 Å². The highest BCUT2D eigenvalue weighted by Gasteiger charge is 2.37. The van der Waals surface area contributed by atoms with Gasteiger partial charge in [-0.3, -0.25) is 15.1 Å². The van der Waals surface area contributed by atoms with Gasteiger partial charge in [0, 0.05) is 6.20 Å². The summed E-state index contributed by atoms with van der Waals surface area (Å²) in [7, 11) is 0. The van der Waals surface area contributed by atoms with Gasteiger partial charge < -0.3 is 0 Å². The average Bonchev–Trinajstić information content (AvgIpc) is 2.27. The van der Waals surface area contributed by atoms with Crippen LogP contribution in [0.5, 0.6) is 0 Å². The Morgan fingerprint density at radius 3 is 2.77 bits per heavy atom. The van der Waals surface area contributed by atoms with Crippen LogP contribution in [-0.4, -0.2) is 21.6 Å². The maximum Gasteiger partial charge on any atom is 0.179 e. The summed E-state index contributed by atoms with van der Waals surface area (Å²) in [5, 5.41) is 10.7. The van der Waals surface area contributed by atoms with Gasteiger partial charge in [0.15, 0.2) is 5.78 Å². The van der Waals surface area contributed by atoms with Crippen LogP contribution < -0.4 is 0 Å². The van der Waals surface area contributed by atoms with Gasteiger partial charge in [0.1, 0.15) is 0 Å². The fourth-order valence-electron chi connectivity index (χ4n) is 1.59. The Morgan fingerprint density at radius 2 is 2.08 bits per heavy atom. The number of rotatable bonds is 0. The van der Waals surface area contributed by atoms with Crippen molar-refractivity contribution in [2.24, 2.45) is 0 Å². The fraction of sp³-hybridized carbons (Fsp3) is 0.300. The number of nitrogens with zero attached hydrogens (tertiary/aromatic N) is 1. The van der Waals surface area contributed by atoms with Crippen LogP contribution in [0.15, 0.2) is 35.6 Å². The summed E-state index contributed by atoms with van der Waals surface area (Å²) in [5.41, 5.74) is 1.30. The third kappa shape index (κ3) is 1.04. The quantitative estimate of drug-likeness (QED) is 0.608. The van der Waals surface area contributed by atoms with Gasteiger partial charge in [0.05, 0.1) is 5.54 Å². The zero-order valence-electron chi connectivity index (χ0n) is 7.61. The molecule has 2 rings (SSSR count). The Kier molecular flexibility index (Phi) is 1.48. The van der Waals surface area contributed by atoms with Crippen LogP contribution in [0.4, 0.5) is 0 Å². The van der Waals surface area contributed by atoms with E-state index >= 15 is 0 Å². The molecule has 1 aliphatic carbocycles. The van der Waals surface area contributed by atoms with Crippen LogP contribution >= 0.6 is 0 Å². The summed E-state index contributed by atoms with van der Waals surface area (Å²) in [4.78, 5) is 11.1. The second kappa shape index (κ2) is 2.33. The predicted molar refractivity (Wildman–Crippen MR) is 48.0 cm³/mol. The molecule has 1 heterocycles. The molecule has 0 aromatic carbocycles. The molecule has 0 aromatic rings. The number of fused-ring (bicyclic) bond motifs is 1. The fourth-order valence-corrected chi connectivity index (χ4v) is 1.59. The Morgan fingerprint density at radius 1 is 1.38 bits per heavy atom. The van der Waals surface area contributed by atoms with Gasteiger partial charge in [-0.15, -0.1) is 0 Å². The van der Waals surface area contributed by atoms with E-state index in [-0.39, 0.29) is 5.78 Å². The maximum absolute atomic E-state index is 11.1. The van der Waals surface area contributed by atoms with E-state index in [1.165, 1.54) is 6.08 Å². The van der Waals surface area contributed by atoms with Crippen LogP contribution in [0.2, 0.25) is 0 Å². The largest absolute Gasteiger partial charge is 0.290 e. The lowest BCUT2D eigenvalue weighted by atomic mass is 9.88. The average molecular weight is 177 g/mol. The third-order valence-electron chi connectivity index (χ3n) is 2.52. The zero-order chi connectivity index (χ0) is 9.64. The minimum Gasteiger partial charge on any atom is -0.290 e. The van der Waals surface area contributed by atoms with E-state index in [1.807, 2.05) is 13.8 Å². The predicted octanol–water partition coefficient (Wildman–Crippen LogP) is 1.42. The zero-order valence-corrected chi connectivity index (χ0v) is 7.61. The summed E-state index contributed by atoms with van der Waals surface area (Å²) < 4.78 is 0. The highest BCUT2D eigenvalue weighted by atomic mass is 16.5. The third-order valence-corrected chi connectivity index (χ3v) is 2.52. The van der Waals surface area contributed by atoms with Crippen LogP contribution in [-0.2, 0) is 4.79 Å². The molecule has 3 heteroatoms. The number of ketones is 1.